The van der Waals surface area contributed by atoms with Crippen molar-refractivity contribution in [1.82, 2.24) is 9.71 Å². The van der Waals surface area contributed by atoms with Crippen molar-refractivity contribution in [3.63, 3.8) is 0 Å². The maximum absolute atomic E-state index is 12.4. The third-order valence-corrected chi connectivity index (χ3v) is 6.14. The fourth-order valence-electron chi connectivity index (χ4n) is 2.28. The molecule has 0 radical (unpaired) electrons. The highest BCUT2D eigenvalue weighted by Crippen LogP contribution is 2.30. The molecule has 0 aliphatic carbocycles. The molecule has 0 saturated carbocycles. The monoisotopic (exact) mass is 393 g/mol. The second-order valence-corrected chi connectivity index (χ2v) is 8.79. The Labute approximate surface area is 155 Å². The zero-order chi connectivity index (χ0) is 18.0. The summed E-state index contributed by atoms with van der Waals surface area (Å²) in [7, 11) is -3.60. The van der Waals surface area contributed by atoms with Crippen LogP contribution >= 0.6 is 22.9 Å². The maximum Gasteiger partial charge on any atom is 0.240 e. The normalized spacial score (nSPS) is 11.6. The van der Waals surface area contributed by atoms with Gasteiger partial charge >= 0.3 is 0 Å². The minimum atomic E-state index is -3.60. The van der Waals surface area contributed by atoms with Crippen LogP contribution in [0.25, 0.3) is 11.3 Å². The fraction of sp³-hybridized carbons (Fsp3) is 0.118. The van der Waals surface area contributed by atoms with Gasteiger partial charge in [0.2, 0.25) is 10.0 Å². The number of benzene rings is 2. The minimum absolute atomic E-state index is 0.114. The number of hydrogen-bond acceptors (Lipinski definition) is 5. The average molecular weight is 394 g/mol. The van der Waals surface area contributed by atoms with Gasteiger partial charge in [0.05, 0.1) is 10.6 Å². The Bertz CT molecular complexity index is 982. The van der Waals surface area contributed by atoms with Crippen LogP contribution < -0.4 is 10.5 Å². The van der Waals surface area contributed by atoms with Crippen LogP contribution in [0.5, 0.6) is 0 Å². The number of anilines is 1. The van der Waals surface area contributed by atoms with Crippen LogP contribution in [0, 0.1) is 6.92 Å². The number of nitrogen functional groups attached to an aromatic ring is 1. The number of nitrogens with one attached hydrogen (secondary N) is 1. The summed E-state index contributed by atoms with van der Waals surface area (Å²) in [6.07, 6.45) is 0. The molecule has 130 valence electrons. The number of sulfonamides is 1. The Morgan fingerprint density at radius 1 is 1.12 bits per heavy atom. The summed E-state index contributed by atoms with van der Waals surface area (Å²) in [5, 5.41) is 1.00. The van der Waals surface area contributed by atoms with Crippen molar-refractivity contribution in [3.05, 3.63) is 64.0 Å². The molecule has 0 aliphatic heterocycles. The van der Waals surface area contributed by atoms with Gasteiger partial charge in [-0.15, -0.1) is 11.3 Å². The standard InChI is InChI=1S/C17H16ClN3O2S2/c1-11-2-8-14(9-3-11)25(22,23)20-10-15-16(21-17(19)24-15)12-4-6-13(18)7-5-12/h2-9,20H,10H2,1H3,(H2,19,21). The first kappa shape index (κ1) is 17.9. The van der Waals surface area contributed by atoms with Gasteiger partial charge in [-0.05, 0) is 31.2 Å². The fourth-order valence-corrected chi connectivity index (χ4v) is 4.29. The van der Waals surface area contributed by atoms with E-state index in [1.54, 1.807) is 36.4 Å². The Morgan fingerprint density at radius 3 is 2.40 bits per heavy atom. The molecule has 0 saturated heterocycles. The Balaban J connectivity index is 1.84. The van der Waals surface area contributed by atoms with Gasteiger partial charge in [-0.2, -0.15) is 0 Å². The molecule has 0 fully saturated rings. The minimum Gasteiger partial charge on any atom is -0.375 e. The summed E-state index contributed by atoms with van der Waals surface area (Å²) in [6, 6.07) is 13.9. The van der Waals surface area contributed by atoms with Crippen molar-refractivity contribution >= 4 is 38.1 Å². The zero-order valence-electron chi connectivity index (χ0n) is 13.4. The van der Waals surface area contributed by atoms with E-state index in [0.717, 1.165) is 16.0 Å². The molecule has 1 heterocycles. The Morgan fingerprint density at radius 2 is 1.76 bits per heavy atom. The maximum atomic E-state index is 12.4. The quantitative estimate of drug-likeness (QED) is 0.689. The number of hydrogen-bond donors (Lipinski definition) is 2. The van der Waals surface area contributed by atoms with Gasteiger partial charge < -0.3 is 5.73 Å². The molecular weight excluding hydrogens is 378 g/mol. The molecular formula is C17H16ClN3O2S2. The van der Waals surface area contributed by atoms with Crippen molar-refractivity contribution in [3.8, 4) is 11.3 Å². The van der Waals surface area contributed by atoms with Gasteiger partial charge in [-0.3, -0.25) is 0 Å². The van der Waals surface area contributed by atoms with E-state index in [1.165, 1.54) is 11.3 Å². The number of halogens is 1. The molecule has 0 aliphatic rings. The summed E-state index contributed by atoms with van der Waals surface area (Å²) in [5.74, 6) is 0. The van der Waals surface area contributed by atoms with Crippen LogP contribution in [0.3, 0.4) is 0 Å². The molecule has 0 atom stereocenters. The molecule has 0 spiro atoms. The second kappa shape index (κ2) is 7.13. The van der Waals surface area contributed by atoms with E-state index in [1.807, 2.05) is 19.1 Å². The third-order valence-electron chi connectivity index (χ3n) is 3.59. The van der Waals surface area contributed by atoms with Crippen molar-refractivity contribution in [1.29, 1.82) is 0 Å². The number of nitrogens with zero attached hydrogens (tertiary/aromatic N) is 1. The summed E-state index contributed by atoms with van der Waals surface area (Å²) >= 11 is 7.17. The molecule has 25 heavy (non-hydrogen) atoms. The van der Waals surface area contributed by atoms with Crippen LogP contribution in [0.2, 0.25) is 5.02 Å². The van der Waals surface area contributed by atoms with Crippen molar-refractivity contribution in [2.75, 3.05) is 5.73 Å². The van der Waals surface area contributed by atoms with Gasteiger partial charge in [0.15, 0.2) is 5.13 Å². The van der Waals surface area contributed by atoms with Gasteiger partial charge in [0, 0.05) is 22.0 Å². The van der Waals surface area contributed by atoms with Crippen LogP contribution in [-0.2, 0) is 16.6 Å². The number of rotatable bonds is 5. The molecule has 3 rings (SSSR count). The SMILES string of the molecule is Cc1ccc(S(=O)(=O)NCc2sc(N)nc2-c2ccc(Cl)cc2)cc1. The van der Waals surface area contributed by atoms with Gasteiger partial charge in [0.1, 0.15) is 0 Å². The molecule has 0 amide bonds. The lowest BCUT2D eigenvalue weighted by atomic mass is 10.1. The lowest BCUT2D eigenvalue weighted by Crippen LogP contribution is -2.23. The van der Waals surface area contributed by atoms with Crippen LogP contribution in [0.1, 0.15) is 10.4 Å². The van der Waals surface area contributed by atoms with Crippen molar-refractivity contribution < 1.29 is 8.42 Å². The van der Waals surface area contributed by atoms with Crippen LogP contribution in [-0.4, -0.2) is 13.4 Å². The van der Waals surface area contributed by atoms with E-state index < -0.39 is 10.0 Å². The van der Waals surface area contributed by atoms with E-state index in [2.05, 4.69) is 9.71 Å². The van der Waals surface area contributed by atoms with E-state index in [0.29, 0.717) is 15.8 Å². The van der Waals surface area contributed by atoms with E-state index in [9.17, 15) is 8.42 Å². The zero-order valence-corrected chi connectivity index (χ0v) is 15.8. The molecule has 3 N–H and O–H groups in total. The first-order valence-electron chi connectivity index (χ1n) is 7.42. The number of thiazole rings is 1. The highest BCUT2D eigenvalue weighted by Gasteiger charge is 2.17. The summed E-state index contributed by atoms with van der Waals surface area (Å²) < 4.78 is 27.5. The number of aryl methyl sites for hydroxylation is 1. The van der Waals surface area contributed by atoms with Gasteiger partial charge in [0.25, 0.3) is 0 Å². The van der Waals surface area contributed by atoms with Crippen LogP contribution in [0.15, 0.2) is 53.4 Å². The summed E-state index contributed by atoms with van der Waals surface area (Å²) in [5.41, 5.74) is 8.31. The predicted molar refractivity (Wildman–Crippen MR) is 102 cm³/mol. The van der Waals surface area contributed by atoms with Crippen molar-refractivity contribution in [2.45, 2.75) is 18.4 Å². The smallest absolute Gasteiger partial charge is 0.240 e. The largest absolute Gasteiger partial charge is 0.375 e. The first-order chi connectivity index (χ1) is 11.8. The number of aromatic nitrogens is 1. The Hall–Kier alpha value is -1.93. The van der Waals surface area contributed by atoms with Crippen LogP contribution in [0.4, 0.5) is 5.13 Å². The predicted octanol–water partition coefficient (Wildman–Crippen LogP) is 3.83. The lowest BCUT2D eigenvalue weighted by molar-refractivity contribution is 0.582. The topological polar surface area (TPSA) is 85.1 Å². The molecule has 3 aromatic rings. The first-order valence-corrected chi connectivity index (χ1v) is 10.1. The molecule has 0 bridgehead atoms. The summed E-state index contributed by atoms with van der Waals surface area (Å²) in [4.78, 5) is 5.29. The molecule has 8 heteroatoms. The highest BCUT2D eigenvalue weighted by atomic mass is 35.5. The summed E-state index contributed by atoms with van der Waals surface area (Å²) in [6.45, 7) is 2.02. The second-order valence-electron chi connectivity index (χ2n) is 5.47. The molecule has 2 aromatic carbocycles. The molecule has 0 unspecified atom stereocenters. The average Bonchev–Trinajstić information content (AvgIpc) is 2.95. The molecule has 1 aromatic heterocycles. The third kappa shape index (κ3) is 4.19. The number of nitrogens with two attached hydrogens (primary N) is 1. The van der Waals surface area contributed by atoms with Gasteiger partial charge in [-0.1, -0.05) is 41.4 Å². The van der Waals surface area contributed by atoms with Crippen molar-refractivity contribution in [2.24, 2.45) is 0 Å². The van der Waals surface area contributed by atoms with E-state index in [4.69, 9.17) is 17.3 Å². The highest BCUT2D eigenvalue weighted by molar-refractivity contribution is 7.89. The molecule has 5 nitrogen and oxygen atoms in total. The Kier molecular flexibility index (Phi) is 5.10. The van der Waals surface area contributed by atoms with E-state index in [-0.39, 0.29) is 11.4 Å². The van der Waals surface area contributed by atoms with Gasteiger partial charge in [-0.25, -0.2) is 18.1 Å². The lowest BCUT2D eigenvalue weighted by Gasteiger charge is -2.07. The van der Waals surface area contributed by atoms with E-state index >= 15 is 0 Å².